The van der Waals surface area contributed by atoms with Gasteiger partial charge < -0.3 is 19.3 Å². The first-order chi connectivity index (χ1) is 11.1. The second-order valence-electron chi connectivity index (χ2n) is 6.60. The number of rotatable bonds is 0. The summed E-state index contributed by atoms with van der Waals surface area (Å²) in [6.07, 6.45) is 1.49. The van der Waals surface area contributed by atoms with Gasteiger partial charge in [0.05, 0.1) is 5.56 Å². The summed E-state index contributed by atoms with van der Waals surface area (Å²) in [5, 5.41) is 10.4. The van der Waals surface area contributed by atoms with Crippen molar-refractivity contribution >= 4 is 5.97 Å². The number of carbonyl (C=O) groups excluding carboxylic acids is 1. The number of ether oxygens (including phenoxy) is 3. The molecule has 1 aromatic carbocycles. The highest BCUT2D eigenvalue weighted by Crippen LogP contribution is 2.48. The quantitative estimate of drug-likeness (QED) is 0.570. The van der Waals surface area contributed by atoms with Crippen LogP contribution in [0.1, 0.15) is 28.3 Å². The van der Waals surface area contributed by atoms with E-state index < -0.39 is 18.2 Å². The summed E-state index contributed by atoms with van der Waals surface area (Å²) in [7, 11) is 2.07. The van der Waals surface area contributed by atoms with Gasteiger partial charge >= 0.3 is 5.97 Å². The lowest BCUT2D eigenvalue weighted by atomic mass is 9.74. The minimum atomic E-state index is -0.764. The van der Waals surface area contributed by atoms with Crippen molar-refractivity contribution in [3.05, 3.63) is 34.9 Å². The molecule has 4 atom stereocenters. The number of carbonyl (C=O) groups is 1. The van der Waals surface area contributed by atoms with E-state index in [1.54, 1.807) is 6.07 Å². The first-order valence-corrected chi connectivity index (χ1v) is 7.87. The van der Waals surface area contributed by atoms with Crippen molar-refractivity contribution in [2.75, 3.05) is 20.4 Å². The molecule has 6 heteroatoms. The van der Waals surface area contributed by atoms with E-state index >= 15 is 0 Å². The van der Waals surface area contributed by atoms with Crippen molar-refractivity contribution in [2.24, 2.45) is 0 Å². The molecule has 0 radical (unpaired) electrons. The molecule has 0 aromatic heterocycles. The Morgan fingerprint density at radius 1 is 1.26 bits per heavy atom. The molecule has 1 N–H and O–H groups in total. The Bertz CT molecular complexity index is 743. The lowest BCUT2D eigenvalue weighted by molar-refractivity contribution is -0.0336. The molecule has 5 rings (SSSR count). The Balaban J connectivity index is 1.70. The van der Waals surface area contributed by atoms with Crippen LogP contribution in [0.25, 0.3) is 0 Å². The van der Waals surface area contributed by atoms with E-state index in [1.807, 2.05) is 12.1 Å². The maximum Gasteiger partial charge on any atom is 0.338 e. The standard InChI is InChI=1S/C17H17NO5/c1-18-3-2-8-4-11(19)16-14(15(8)18)9-5-12-13(22-7-21-12)6-10(9)17(20)23-16/h4-6,11,14-16,19H,2-3,7H2,1H3/t11-,14+,15-,16-/m1/s1. The second kappa shape index (κ2) is 4.49. The number of benzene rings is 1. The number of likely N-dealkylation sites (N-methyl/N-ethyl adjacent to an activating group) is 1. The van der Waals surface area contributed by atoms with Crippen LogP contribution in [0.3, 0.4) is 0 Å². The zero-order valence-corrected chi connectivity index (χ0v) is 12.7. The number of fused-ring (bicyclic) bond motifs is 6. The van der Waals surface area contributed by atoms with Crippen molar-refractivity contribution < 1.29 is 24.1 Å². The first kappa shape index (κ1) is 13.4. The molecule has 1 fully saturated rings. The van der Waals surface area contributed by atoms with Crippen LogP contribution >= 0.6 is 0 Å². The number of nitrogens with zero attached hydrogens (tertiary/aromatic N) is 1. The van der Waals surface area contributed by atoms with Crippen LogP contribution in [-0.2, 0) is 4.74 Å². The normalized spacial score (nSPS) is 34.3. The van der Waals surface area contributed by atoms with Gasteiger partial charge in [-0.3, -0.25) is 4.90 Å². The fourth-order valence-corrected chi connectivity index (χ4v) is 4.36. The largest absolute Gasteiger partial charge is 0.455 e. The third kappa shape index (κ3) is 1.73. The number of hydrogen-bond donors (Lipinski definition) is 1. The molecule has 1 aromatic rings. The minimum absolute atomic E-state index is 0.0836. The number of esters is 1. The summed E-state index contributed by atoms with van der Waals surface area (Å²) in [5.74, 6) is 0.741. The zero-order valence-electron chi connectivity index (χ0n) is 12.7. The van der Waals surface area contributed by atoms with Gasteiger partial charge in [-0.25, -0.2) is 4.79 Å². The van der Waals surface area contributed by atoms with Crippen LogP contribution in [0.4, 0.5) is 0 Å². The Morgan fingerprint density at radius 3 is 2.87 bits per heavy atom. The molecule has 0 spiro atoms. The Morgan fingerprint density at radius 2 is 2.04 bits per heavy atom. The van der Waals surface area contributed by atoms with Gasteiger partial charge in [-0.05, 0) is 31.2 Å². The smallest absolute Gasteiger partial charge is 0.338 e. The highest BCUT2D eigenvalue weighted by molar-refractivity contribution is 5.94. The van der Waals surface area contributed by atoms with E-state index in [4.69, 9.17) is 14.2 Å². The average molecular weight is 315 g/mol. The molecule has 0 saturated carbocycles. The van der Waals surface area contributed by atoms with Gasteiger partial charge in [0.2, 0.25) is 6.79 Å². The second-order valence-corrected chi connectivity index (χ2v) is 6.60. The molecule has 0 amide bonds. The predicted molar refractivity (Wildman–Crippen MR) is 79.6 cm³/mol. The van der Waals surface area contributed by atoms with Crippen molar-refractivity contribution in [3.8, 4) is 11.5 Å². The summed E-state index contributed by atoms with van der Waals surface area (Å²) in [6, 6.07) is 3.74. The maximum atomic E-state index is 12.4. The molecule has 0 unspecified atom stereocenters. The number of hydrogen-bond acceptors (Lipinski definition) is 6. The van der Waals surface area contributed by atoms with E-state index in [9.17, 15) is 9.90 Å². The van der Waals surface area contributed by atoms with Crippen LogP contribution in [-0.4, -0.2) is 54.6 Å². The van der Waals surface area contributed by atoms with Crippen molar-refractivity contribution in [1.82, 2.24) is 4.90 Å². The Labute approximate surface area is 133 Å². The highest BCUT2D eigenvalue weighted by Gasteiger charge is 2.50. The molecule has 1 saturated heterocycles. The lowest BCUT2D eigenvalue weighted by Gasteiger charge is -2.43. The van der Waals surface area contributed by atoms with Gasteiger partial charge in [0.1, 0.15) is 12.2 Å². The number of aliphatic hydroxyl groups is 1. The number of likely N-dealkylation sites (tertiary alicyclic amines) is 1. The summed E-state index contributed by atoms with van der Waals surface area (Å²) in [5.41, 5.74) is 2.63. The third-order valence-electron chi connectivity index (χ3n) is 5.39. The Kier molecular flexibility index (Phi) is 2.61. The molecule has 120 valence electrons. The molecule has 23 heavy (non-hydrogen) atoms. The zero-order chi connectivity index (χ0) is 15.7. The van der Waals surface area contributed by atoms with E-state index in [2.05, 4.69) is 11.9 Å². The van der Waals surface area contributed by atoms with Crippen molar-refractivity contribution in [1.29, 1.82) is 0 Å². The average Bonchev–Trinajstić information content (AvgIpc) is 3.13. The fourth-order valence-electron chi connectivity index (χ4n) is 4.36. The molecular weight excluding hydrogens is 298 g/mol. The SMILES string of the molecule is CN1CCC2=C[C@@H](O)[C@H]3OC(=O)c4cc5c(cc4[C@H]3[C@@H]21)OCO5. The van der Waals surface area contributed by atoms with Gasteiger partial charge in [0.15, 0.2) is 11.5 Å². The van der Waals surface area contributed by atoms with E-state index in [-0.39, 0.29) is 18.8 Å². The number of aliphatic hydroxyl groups excluding tert-OH is 1. The monoisotopic (exact) mass is 315 g/mol. The Hall–Kier alpha value is -2.05. The lowest BCUT2D eigenvalue weighted by Crippen LogP contribution is -2.50. The van der Waals surface area contributed by atoms with Crippen LogP contribution in [0, 0.1) is 0 Å². The summed E-state index contributed by atoms with van der Waals surface area (Å²) >= 11 is 0. The van der Waals surface area contributed by atoms with Gasteiger partial charge in [-0.15, -0.1) is 0 Å². The van der Waals surface area contributed by atoms with Gasteiger partial charge in [-0.1, -0.05) is 11.6 Å². The van der Waals surface area contributed by atoms with Crippen molar-refractivity contribution in [2.45, 2.75) is 30.6 Å². The first-order valence-electron chi connectivity index (χ1n) is 7.87. The molecule has 1 aliphatic carbocycles. The van der Waals surface area contributed by atoms with Crippen molar-refractivity contribution in [3.63, 3.8) is 0 Å². The molecule has 0 bridgehead atoms. The predicted octanol–water partition coefficient (Wildman–Crippen LogP) is 1.04. The van der Waals surface area contributed by atoms with Gasteiger partial charge in [0.25, 0.3) is 0 Å². The van der Waals surface area contributed by atoms with E-state index in [1.165, 1.54) is 5.57 Å². The van der Waals surface area contributed by atoms with Crippen LogP contribution < -0.4 is 9.47 Å². The maximum absolute atomic E-state index is 12.4. The van der Waals surface area contributed by atoms with E-state index in [0.29, 0.717) is 17.1 Å². The summed E-state index contributed by atoms with van der Waals surface area (Å²) in [4.78, 5) is 14.7. The van der Waals surface area contributed by atoms with Gasteiger partial charge in [0, 0.05) is 18.5 Å². The molecular formula is C17H17NO5. The van der Waals surface area contributed by atoms with Crippen LogP contribution in [0.15, 0.2) is 23.8 Å². The van der Waals surface area contributed by atoms with E-state index in [0.717, 1.165) is 18.5 Å². The molecule has 4 aliphatic rings. The molecule has 3 heterocycles. The van der Waals surface area contributed by atoms with Crippen LogP contribution in [0.5, 0.6) is 11.5 Å². The molecule has 3 aliphatic heterocycles. The highest BCUT2D eigenvalue weighted by atomic mass is 16.7. The minimum Gasteiger partial charge on any atom is -0.455 e. The fraction of sp³-hybridized carbons (Fsp3) is 0.471. The summed E-state index contributed by atoms with van der Waals surface area (Å²) < 4.78 is 16.4. The van der Waals surface area contributed by atoms with Crippen LogP contribution in [0.2, 0.25) is 0 Å². The summed E-state index contributed by atoms with van der Waals surface area (Å²) in [6.45, 7) is 1.11. The van der Waals surface area contributed by atoms with Gasteiger partial charge in [-0.2, -0.15) is 0 Å². The molecule has 6 nitrogen and oxygen atoms in total. The topological polar surface area (TPSA) is 68.2 Å². The third-order valence-corrected chi connectivity index (χ3v) is 5.39.